The average molecular weight is 275 g/mol. The van der Waals surface area contributed by atoms with Gasteiger partial charge in [-0.25, -0.2) is 14.4 Å². The van der Waals surface area contributed by atoms with Gasteiger partial charge in [-0.05, 0) is 31.9 Å². The molecular formula is C15H18FN3O. The molecule has 20 heavy (non-hydrogen) atoms. The number of ether oxygens (including phenoxy) is 1. The second kappa shape index (κ2) is 5.71. The molecule has 0 bridgehead atoms. The number of halogens is 1. The number of rotatable bonds is 3. The van der Waals surface area contributed by atoms with Gasteiger partial charge in [-0.2, -0.15) is 0 Å². The van der Waals surface area contributed by atoms with Crippen LogP contribution in [0.4, 0.5) is 10.2 Å². The van der Waals surface area contributed by atoms with Gasteiger partial charge in [0.1, 0.15) is 23.5 Å². The second-order valence-corrected chi connectivity index (χ2v) is 5.00. The Labute approximate surface area is 117 Å². The largest absolute Gasteiger partial charge is 0.377 e. The Morgan fingerprint density at radius 1 is 1.40 bits per heavy atom. The van der Waals surface area contributed by atoms with Crippen LogP contribution in [0.15, 0.2) is 24.5 Å². The Morgan fingerprint density at radius 2 is 2.30 bits per heavy atom. The van der Waals surface area contributed by atoms with E-state index in [-0.39, 0.29) is 11.9 Å². The van der Waals surface area contributed by atoms with Crippen molar-refractivity contribution in [2.75, 3.05) is 24.6 Å². The molecule has 3 rings (SSSR count). The molecule has 0 amide bonds. The first kappa shape index (κ1) is 13.2. The number of piperidine rings is 1. The smallest absolute Gasteiger partial charge is 0.149 e. The molecule has 106 valence electrons. The molecule has 1 aliphatic heterocycles. The van der Waals surface area contributed by atoms with Gasteiger partial charge in [0, 0.05) is 25.1 Å². The molecule has 1 aliphatic rings. The van der Waals surface area contributed by atoms with E-state index in [1.165, 1.54) is 12.4 Å². The van der Waals surface area contributed by atoms with E-state index in [2.05, 4.69) is 14.9 Å². The summed E-state index contributed by atoms with van der Waals surface area (Å²) in [7, 11) is 0. The molecule has 1 saturated heterocycles. The van der Waals surface area contributed by atoms with Crippen LogP contribution in [0.3, 0.4) is 0 Å². The monoisotopic (exact) mass is 275 g/mol. The Balaban J connectivity index is 1.95. The lowest BCUT2D eigenvalue weighted by atomic mass is 10.1. The van der Waals surface area contributed by atoms with E-state index in [4.69, 9.17) is 4.74 Å². The van der Waals surface area contributed by atoms with Crippen molar-refractivity contribution in [2.24, 2.45) is 0 Å². The van der Waals surface area contributed by atoms with Crippen LogP contribution in [-0.2, 0) is 4.74 Å². The van der Waals surface area contributed by atoms with Crippen LogP contribution < -0.4 is 4.90 Å². The maximum absolute atomic E-state index is 13.8. The SMILES string of the molecule is CCOC1CCCN(c2ncnc3c(F)cccc23)C1. The van der Waals surface area contributed by atoms with Crippen molar-refractivity contribution in [2.45, 2.75) is 25.9 Å². The molecule has 0 spiro atoms. The summed E-state index contributed by atoms with van der Waals surface area (Å²) in [4.78, 5) is 10.6. The molecular weight excluding hydrogens is 257 g/mol. The Morgan fingerprint density at radius 3 is 3.15 bits per heavy atom. The van der Waals surface area contributed by atoms with Crippen LogP contribution in [0.5, 0.6) is 0 Å². The normalized spacial score (nSPS) is 19.5. The van der Waals surface area contributed by atoms with Crippen LogP contribution in [0.25, 0.3) is 10.9 Å². The van der Waals surface area contributed by atoms with Crippen molar-refractivity contribution in [1.82, 2.24) is 9.97 Å². The minimum Gasteiger partial charge on any atom is -0.377 e. The van der Waals surface area contributed by atoms with Gasteiger partial charge < -0.3 is 9.64 Å². The van der Waals surface area contributed by atoms with Gasteiger partial charge in [0.15, 0.2) is 0 Å². The van der Waals surface area contributed by atoms with Crippen molar-refractivity contribution >= 4 is 16.7 Å². The lowest BCUT2D eigenvalue weighted by Crippen LogP contribution is -2.40. The first-order valence-corrected chi connectivity index (χ1v) is 7.05. The number of hydrogen-bond donors (Lipinski definition) is 0. The zero-order valence-corrected chi connectivity index (χ0v) is 11.6. The summed E-state index contributed by atoms with van der Waals surface area (Å²) < 4.78 is 19.5. The van der Waals surface area contributed by atoms with Crippen LogP contribution in [-0.4, -0.2) is 35.8 Å². The molecule has 1 fully saturated rings. The minimum absolute atomic E-state index is 0.229. The van der Waals surface area contributed by atoms with E-state index >= 15 is 0 Å². The van der Waals surface area contributed by atoms with Gasteiger partial charge in [-0.1, -0.05) is 6.07 Å². The highest BCUT2D eigenvalue weighted by atomic mass is 19.1. The first-order chi connectivity index (χ1) is 9.79. The van der Waals surface area contributed by atoms with Gasteiger partial charge in [0.2, 0.25) is 0 Å². The quantitative estimate of drug-likeness (QED) is 0.863. The van der Waals surface area contributed by atoms with Gasteiger partial charge in [-0.3, -0.25) is 0 Å². The molecule has 2 aromatic rings. The lowest BCUT2D eigenvalue weighted by molar-refractivity contribution is 0.0526. The number of aromatic nitrogens is 2. The summed E-state index contributed by atoms with van der Waals surface area (Å²) >= 11 is 0. The summed E-state index contributed by atoms with van der Waals surface area (Å²) in [6, 6.07) is 5.00. The number of fused-ring (bicyclic) bond motifs is 1. The van der Waals surface area contributed by atoms with E-state index in [1.807, 2.05) is 13.0 Å². The van der Waals surface area contributed by atoms with Gasteiger partial charge in [0.25, 0.3) is 0 Å². The van der Waals surface area contributed by atoms with E-state index in [0.29, 0.717) is 5.52 Å². The van der Waals surface area contributed by atoms with E-state index in [9.17, 15) is 4.39 Å². The van der Waals surface area contributed by atoms with Crippen LogP contribution in [0, 0.1) is 5.82 Å². The molecule has 0 aliphatic carbocycles. The highest BCUT2D eigenvalue weighted by molar-refractivity contribution is 5.89. The van der Waals surface area contributed by atoms with Crippen molar-refractivity contribution in [3.8, 4) is 0 Å². The third-order valence-corrected chi connectivity index (χ3v) is 3.67. The maximum atomic E-state index is 13.8. The maximum Gasteiger partial charge on any atom is 0.149 e. The molecule has 5 heteroatoms. The fourth-order valence-corrected chi connectivity index (χ4v) is 2.79. The van der Waals surface area contributed by atoms with Gasteiger partial charge >= 0.3 is 0 Å². The van der Waals surface area contributed by atoms with Crippen molar-refractivity contribution < 1.29 is 9.13 Å². The molecule has 1 aromatic carbocycles. The fraction of sp³-hybridized carbons (Fsp3) is 0.467. The summed E-state index contributed by atoms with van der Waals surface area (Å²) in [6.45, 7) is 4.45. The molecule has 0 N–H and O–H groups in total. The van der Waals surface area contributed by atoms with Crippen molar-refractivity contribution in [3.63, 3.8) is 0 Å². The van der Waals surface area contributed by atoms with Crippen molar-refractivity contribution in [3.05, 3.63) is 30.3 Å². The topological polar surface area (TPSA) is 38.2 Å². The minimum atomic E-state index is -0.301. The standard InChI is InChI=1S/C15H18FN3O/c1-2-20-11-5-4-8-19(9-11)15-12-6-3-7-13(16)14(12)17-10-18-15/h3,6-7,10-11H,2,4-5,8-9H2,1H3. The molecule has 4 nitrogen and oxygen atoms in total. The molecule has 1 atom stereocenters. The first-order valence-electron chi connectivity index (χ1n) is 7.05. The Bertz CT molecular complexity index is 603. The Hall–Kier alpha value is -1.75. The van der Waals surface area contributed by atoms with Crippen LogP contribution in [0.1, 0.15) is 19.8 Å². The third-order valence-electron chi connectivity index (χ3n) is 3.67. The van der Waals surface area contributed by atoms with Gasteiger partial charge in [0.05, 0.1) is 6.10 Å². The molecule has 2 heterocycles. The van der Waals surface area contributed by atoms with Gasteiger partial charge in [-0.15, -0.1) is 0 Å². The molecule has 1 unspecified atom stereocenters. The molecule has 0 saturated carbocycles. The summed E-state index contributed by atoms with van der Waals surface area (Å²) in [5, 5.41) is 0.768. The van der Waals surface area contributed by atoms with Crippen molar-refractivity contribution in [1.29, 1.82) is 0 Å². The second-order valence-electron chi connectivity index (χ2n) is 5.00. The van der Waals surface area contributed by atoms with Crippen LogP contribution in [0.2, 0.25) is 0 Å². The lowest BCUT2D eigenvalue weighted by Gasteiger charge is -2.33. The summed E-state index contributed by atoms with van der Waals surface area (Å²) in [6.07, 6.45) is 3.80. The predicted octanol–water partition coefficient (Wildman–Crippen LogP) is 2.77. The zero-order chi connectivity index (χ0) is 13.9. The number of nitrogens with zero attached hydrogens (tertiary/aromatic N) is 3. The van der Waals surface area contributed by atoms with E-state index < -0.39 is 0 Å². The number of para-hydroxylation sites is 1. The summed E-state index contributed by atoms with van der Waals surface area (Å²) in [5.74, 6) is 0.503. The third kappa shape index (κ3) is 2.45. The highest BCUT2D eigenvalue weighted by Crippen LogP contribution is 2.27. The fourth-order valence-electron chi connectivity index (χ4n) is 2.79. The molecule has 1 aromatic heterocycles. The number of anilines is 1. The van der Waals surface area contributed by atoms with Crippen LogP contribution >= 0.6 is 0 Å². The summed E-state index contributed by atoms with van der Waals surface area (Å²) in [5.41, 5.74) is 0.385. The van der Waals surface area contributed by atoms with E-state index in [1.54, 1.807) is 6.07 Å². The highest BCUT2D eigenvalue weighted by Gasteiger charge is 2.22. The Kier molecular flexibility index (Phi) is 3.78. The number of hydrogen-bond acceptors (Lipinski definition) is 4. The predicted molar refractivity (Wildman–Crippen MR) is 76.4 cm³/mol. The zero-order valence-electron chi connectivity index (χ0n) is 11.6. The number of benzene rings is 1. The van der Waals surface area contributed by atoms with E-state index in [0.717, 1.165) is 43.7 Å². The molecule has 0 radical (unpaired) electrons. The average Bonchev–Trinajstić information content (AvgIpc) is 2.48.